The molecule has 0 bridgehead atoms. The predicted molar refractivity (Wildman–Crippen MR) is 134 cm³/mol. The number of benzene rings is 1. The van der Waals surface area contributed by atoms with Gasteiger partial charge in [0.15, 0.2) is 5.82 Å². The van der Waals surface area contributed by atoms with Crippen molar-refractivity contribution in [3.05, 3.63) is 83.3 Å². The summed E-state index contributed by atoms with van der Waals surface area (Å²) in [5, 5.41) is 3.98. The number of hydrogen-bond acceptors (Lipinski definition) is 6. The van der Waals surface area contributed by atoms with Gasteiger partial charge >= 0.3 is 0 Å². The van der Waals surface area contributed by atoms with Crippen LogP contribution in [0.2, 0.25) is 0 Å². The lowest BCUT2D eigenvalue weighted by atomic mass is 9.88. The van der Waals surface area contributed by atoms with Crippen molar-refractivity contribution in [2.45, 2.75) is 46.0 Å². The van der Waals surface area contributed by atoms with Crippen molar-refractivity contribution in [3.63, 3.8) is 0 Å². The molecule has 5 rings (SSSR count). The van der Waals surface area contributed by atoms with Gasteiger partial charge in [0.05, 0.1) is 17.8 Å². The Hall–Kier alpha value is -3.87. The first-order chi connectivity index (χ1) is 17.0. The molecule has 0 saturated carbocycles. The quantitative estimate of drug-likeness (QED) is 0.407. The van der Waals surface area contributed by atoms with Crippen LogP contribution in [0.4, 0.5) is 0 Å². The van der Waals surface area contributed by atoms with E-state index in [9.17, 15) is 4.79 Å². The van der Waals surface area contributed by atoms with Crippen LogP contribution in [-0.2, 0) is 11.2 Å². The molecular weight excluding hydrogens is 438 g/mol. The second-order valence-corrected chi connectivity index (χ2v) is 9.23. The van der Waals surface area contributed by atoms with Crippen LogP contribution in [-0.4, -0.2) is 44.0 Å². The van der Waals surface area contributed by atoms with Crippen molar-refractivity contribution < 1.29 is 9.32 Å². The molecule has 0 spiro atoms. The third-order valence-electron chi connectivity index (χ3n) is 6.83. The molecule has 1 aliphatic heterocycles. The Bertz CT molecular complexity index is 1320. The smallest absolute Gasteiger partial charge is 0.227 e. The summed E-state index contributed by atoms with van der Waals surface area (Å²) in [5.41, 5.74) is 7.07. The first kappa shape index (κ1) is 22.9. The van der Waals surface area contributed by atoms with Gasteiger partial charge in [0.25, 0.3) is 0 Å². The van der Waals surface area contributed by atoms with Crippen LogP contribution in [0.5, 0.6) is 0 Å². The van der Waals surface area contributed by atoms with Crippen LogP contribution in [0.15, 0.2) is 59.5 Å². The number of amides is 1. The van der Waals surface area contributed by atoms with Crippen LogP contribution in [0.25, 0.3) is 22.5 Å². The van der Waals surface area contributed by atoms with E-state index >= 15 is 0 Å². The fourth-order valence-corrected chi connectivity index (χ4v) is 4.80. The van der Waals surface area contributed by atoms with Crippen molar-refractivity contribution in [2.75, 3.05) is 13.1 Å². The molecule has 3 aromatic heterocycles. The lowest BCUT2D eigenvalue weighted by molar-refractivity contribution is -0.131. The van der Waals surface area contributed by atoms with E-state index in [-0.39, 0.29) is 11.8 Å². The number of carbonyl (C=O) groups excluding carboxylic acids is 1. The molecule has 1 saturated heterocycles. The molecule has 0 N–H and O–H groups in total. The van der Waals surface area contributed by atoms with Gasteiger partial charge in [-0.1, -0.05) is 35.0 Å². The SMILES string of the molecule is Cc1cccc(-c2cnc(-c3ccncc3)nc2C2CCN(C(=O)Cc3c(C)noc3C)CC2)c1. The molecule has 1 aliphatic rings. The summed E-state index contributed by atoms with van der Waals surface area (Å²) in [4.78, 5) is 28.8. The maximum Gasteiger partial charge on any atom is 0.227 e. The Labute approximate surface area is 205 Å². The number of rotatable bonds is 5. The predicted octanol–water partition coefficient (Wildman–Crippen LogP) is 5.07. The summed E-state index contributed by atoms with van der Waals surface area (Å²) in [5.74, 6) is 1.79. The van der Waals surface area contributed by atoms with E-state index < -0.39 is 0 Å². The van der Waals surface area contributed by atoms with E-state index in [1.54, 1.807) is 12.4 Å². The van der Waals surface area contributed by atoms with Gasteiger partial charge in [-0.15, -0.1) is 0 Å². The minimum absolute atomic E-state index is 0.122. The highest BCUT2D eigenvalue weighted by Crippen LogP contribution is 2.35. The monoisotopic (exact) mass is 467 g/mol. The molecule has 4 heterocycles. The molecule has 7 heteroatoms. The Morgan fingerprint density at radius 1 is 1.06 bits per heavy atom. The Morgan fingerprint density at radius 2 is 1.83 bits per heavy atom. The normalized spacial score (nSPS) is 14.3. The Kier molecular flexibility index (Phi) is 6.40. The molecule has 0 radical (unpaired) electrons. The average Bonchev–Trinajstić information content (AvgIpc) is 3.21. The maximum atomic E-state index is 13.0. The highest BCUT2D eigenvalue weighted by Gasteiger charge is 2.28. The minimum Gasteiger partial charge on any atom is -0.361 e. The number of aryl methyl sites for hydroxylation is 3. The summed E-state index contributed by atoms with van der Waals surface area (Å²) in [6, 6.07) is 12.3. The fourth-order valence-electron chi connectivity index (χ4n) is 4.80. The van der Waals surface area contributed by atoms with Gasteiger partial charge in [-0.3, -0.25) is 9.78 Å². The number of nitrogens with zero attached hydrogens (tertiary/aromatic N) is 5. The highest BCUT2D eigenvalue weighted by atomic mass is 16.5. The van der Waals surface area contributed by atoms with Crippen molar-refractivity contribution in [2.24, 2.45) is 0 Å². The van der Waals surface area contributed by atoms with E-state index in [0.29, 0.717) is 25.3 Å². The van der Waals surface area contributed by atoms with Gasteiger partial charge < -0.3 is 9.42 Å². The van der Waals surface area contributed by atoms with E-state index in [2.05, 4.69) is 41.3 Å². The Morgan fingerprint density at radius 3 is 2.51 bits per heavy atom. The fraction of sp³-hybridized carbons (Fsp3) is 0.321. The molecular formula is C28H29N5O2. The second-order valence-electron chi connectivity index (χ2n) is 9.23. The average molecular weight is 468 g/mol. The minimum atomic E-state index is 0.122. The molecule has 1 aromatic carbocycles. The molecule has 4 aromatic rings. The van der Waals surface area contributed by atoms with Crippen molar-refractivity contribution in [3.8, 4) is 22.5 Å². The third-order valence-corrected chi connectivity index (χ3v) is 6.83. The van der Waals surface area contributed by atoms with Gasteiger partial charge in [-0.05, 0) is 51.3 Å². The zero-order valence-electron chi connectivity index (χ0n) is 20.4. The summed E-state index contributed by atoms with van der Waals surface area (Å²) >= 11 is 0. The lowest BCUT2D eigenvalue weighted by Gasteiger charge is -2.32. The number of likely N-dealkylation sites (tertiary alicyclic amines) is 1. The van der Waals surface area contributed by atoms with Crippen LogP contribution in [0.3, 0.4) is 0 Å². The first-order valence-corrected chi connectivity index (χ1v) is 12.0. The van der Waals surface area contributed by atoms with Crippen LogP contribution >= 0.6 is 0 Å². The van der Waals surface area contributed by atoms with Gasteiger partial charge in [0.1, 0.15) is 5.76 Å². The topological polar surface area (TPSA) is 85.0 Å². The molecule has 0 atom stereocenters. The van der Waals surface area contributed by atoms with Crippen LogP contribution in [0.1, 0.15) is 47.0 Å². The third kappa shape index (κ3) is 4.85. The number of carbonyl (C=O) groups is 1. The van der Waals surface area contributed by atoms with Gasteiger partial charge in [0.2, 0.25) is 5.91 Å². The summed E-state index contributed by atoms with van der Waals surface area (Å²) in [6.45, 7) is 7.24. The molecule has 0 aliphatic carbocycles. The molecule has 178 valence electrons. The standard InChI is InChI=1S/C28H29N5O2/c1-18-5-4-6-23(15-18)25-17-30-28(22-7-11-29-12-8-22)31-27(25)21-9-13-33(14-10-21)26(34)16-24-19(2)32-35-20(24)3/h4-8,11-12,15,17,21H,9-10,13-14,16H2,1-3H3. The van der Waals surface area contributed by atoms with Crippen LogP contribution in [0, 0.1) is 20.8 Å². The largest absolute Gasteiger partial charge is 0.361 e. The summed E-state index contributed by atoms with van der Waals surface area (Å²) in [6.07, 6.45) is 7.52. The maximum absolute atomic E-state index is 13.0. The van der Waals surface area contributed by atoms with E-state index in [4.69, 9.17) is 14.5 Å². The molecule has 1 fully saturated rings. The highest BCUT2D eigenvalue weighted by molar-refractivity contribution is 5.79. The first-order valence-electron chi connectivity index (χ1n) is 12.0. The molecule has 35 heavy (non-hydrogen) atoms. The van der Waals surface area contributed by atoms with E-state index in [1.807, 2.05) is 37.1 Å². The molecule has 1 amide bonds. The molecule has 0 unspecified atom stereocenters. The van der Waals surface area contributed by atoms with E-state index in [0.717, 1.165) is 52.2 Å². The van der Waals surface area contributed by atoms with Crippen molar-refractivity contribution in [1.82, 2.24) is 25.0 Å². The number of pyridine rings is 1. The number of aromatic nitrogens is 4. The van der Waals surface area contributed by atoms with Gasteiger partial charge in [0, 0.05) is 54.3 Å². The van der Waals surface area contributed by atoms with Gasteiger partial charge in [-0.25, -0.2) is 9.97 Å². The number of hydrogen-bond donors (Lipinski definition) is 0. The van der Waals surface area contributed by atoms with Crippen LogP contribution < -0.4 is 0 Å². The van der Waals surface area contributed by atoms with Gasteiger partial charge in [-0.2, -0.15) is 0 Å². The summed E-state index contributed by atoms with van der Waals surface area (Å²) in [7, 11) is 0. The van der Waals surface area contributed by atoms with Crippen molar-refractivity contribution >= 4 is 5.91 Å². The van der Waals surface area contributed by atoms with Crippen molar-refractivity contribution in [1.29, 1.82) is 0 Å². The number of piperidine rings is 1. The van der Waals surface area contributed by atoms with E-state index in [1.165, 1.54) is 5.56 Å². The molecule has 7 nitrogen and oxygen atoms in total. The Balaban J connectivity index is 1.40. The second kappa shape index (κ2) is 9.78. The zero-order chi connectivity index (χ0) is 24.4. The zero-order valence-corrected chi connectivity index (χ0v) is 20.4. The lowest BCUT2D eigenvalue weighted by Crippen LogP contribution is -2.39. The summed E-state index contributed by atoms with van der Waals surface area (Å²) < 4.78 is 5.23.